The lowest BCUT2D eigenvalue weighted by atomic mass is 10.2. The first-order valence-electron chi connectivity index (χ1n) is 5.92. The van der Waals surface area contributed by atoms with E-state index in [1.165, 1.54) is 7.05 Å². The van der Waals surface area contributed by atoms with Gasteiger partial charge in [0.05, 0.1) is 13.2 Å². The molecule has 1 atom stereocenters. The summed E-state index contributed by atoms with van der Waals surface area (Å²) < 4.78 is 4.64. The molecule has 0 heterocycles. The van der Waals surface area contributed by atoms with Crippen LogP contribution in [0.5, 0.6) is 0 Å². The van der Waals surface area contributed by atoms with E-state index in [0.29, 0.717) is 0 Å². The highest BCUT2D eigenvalue weighted by atomic mass is 16.5. The number of nitrogens with two attached hydrogens (primary N) is 1. The van der Waals surface area contributed by atoms with E-state index in [0.717, 1.165) is 17.7 Å². The molecule has 2 amide bonds. The number of hydrogen-bond donors (Lipinski definition) is 2. The van der Waals surface area contributed by atoms with E-state index in [1.54, 1.807) is 6.92 Å². The maximum Gasteiger partial charge on any atom is 0.332 e. The van der Waals surface area contributed by atoms with Crippen molar-refractivity contribution in [1.82, 2.24) is 10.2 Å². The van der Waals surface area contributed by atoms with Gasteiger partial charge in [-0.2, -0.15) is 0 Å². The van der Waals surface area contributed by atoms with Crippen LogP contribution >= 0.6 is 0 Å². The largest absolute Gasteiger partial charge is 0.464 e. The predicted molar refractivity (Wildman–Crippen MR) is 63.4 cm³/mol. The minimum atomic E-state index is -1.37. The van der Waals surface area contributed by atoms with Gasteiger partial charge in [-0.1, -0.05) is 0 Å². The van der Waals surface area contributed by atoms with Crippen molar-refractivity contribution in [2.24, 2.45) is 5.73 Å². The van der Waals surface area contributed by atoms with Crippen LogP contribution in [0.4, 0.5) is 0 Å². The summed E-state index contributed by atoms with van der Waals surface area (Å²) in [5.41, 5.74) is 5.44. The Morgan fingerprint density at radius 2 is 2.06 bits per heavy atom. The van der Waals surface area contributed by atoms with Crippen LogP contribution in [0.2, 0.25) is 0 Å². The van der Waals surface area contributed by atoms with Gasteiger partial charge in [0, 0.05) is 13.1 Å². The van der Waals surface area contributed by atoms with Crippen LogP contribution in [0.15, 0.2) is 0 Å². The molecule has 0 aromatic heterocycles. The molecule has 1 rings (SSSR count). The predicted octanol–water partition coefficient (Wildman–Crippen LogP) is -1.39. The van der Waals surface area contributed by atoms with E-state index in [4.69, 9.17) is 5.73 Å². The molecule has 18 heavy (non-hydrogen) atoms. The Hall–Kier alpha value is -1.63. The Balaban J connectivity index is 2.38. The standard InChI is InChI=1S/C11H19N3O4/c1-3-18-11(17)9(12)10(16)14(2)6-8(15)13-7-4-5-7/h7,9H,3-6,12H2,1-2H3,(H,13,15). The third-order valence-electron chi connectivity index (χ3n) is 2.51. The molecule has 0 aliphatic heterocycles. The molecule has 3 N–H and O–H groups in total. The van der Waals surface area contributed by atoms with E-state index < -0.39 is 17.9 Å². The zero-order valence-corrected chi connectivity index (χ0v) is 10.6. The van der Waals surface area contributed by atoms with Gasteiger partial charge in [-0.05, 0) is 19.8 Å². The van der Waals surface area contributed by atoms with Gasteiger partial charge >= 0.3 is 5.97 Å². The normalized spacial score (nSPS) is 15.7. The highest BCUT2D eigenvalue weighted by molar-refractivity contribution is 6.02. The van der Waals surface area contributed by atoms with Gasteiger partial charge < -0.3 is 20.7 Å². The molecule has 102 valence electrons. The van der Waals surface area contributed by atoms with Crippen LogP contribution in [0, 0.1) is 0 Å². The second kappa shape index (κ2) is 6.34. The van der Waals surface area contributed by atoms with Crippen LogP contribution in [-0.2, 0) is 19.1 Å². The van der Waals surface area contributed by atoms with Gasteiger partial charge in [-0.15, -0.1) is 0 Å². The molecular formula is C11H19N3O4. The number of nitrogens with one attached hydrogen (secondary N) is 1. The third kappa shape index (κ3) is 4.33. The number of hydrogen-bond acceptors (Lipinski definition) is 5. The van der Waals surface area contributed by atoms with E-state index in [1.807, 2.05) is 0 Å². The molecule has 1 fully saturated rings. The van der Waals surface area contributed by atoms with Crippen LogP contribution < -0.4 is 11.1 Å². The molecular weight excluding hydrogens is 238 g/mol. The van der Waals surface area contributed by atoms with Gasteiger partial charge in [0.1, 0.15) is 0 Å². The summed E-state index contributed by atoms with van der Waals surface area (Å²) in [5, 5.41) is 2.74. The van der Waals surface area contributed by atoms with Crippen molar-refractivity contribution in [1.29, 1.82) is 0 Å². The molecule has 1 aliphatic carbocycles. The highest BCUT2D eigenvalue weighted by Crippen LogP contribution is 2.18. The van der Waals surface area contributed by atoms with Gasteiger partial charge in [0.15, 0.2) is 6.04 Å². The summed E-state index contributed by atoms with van der Waals surface area (Å²) in [6, 6.07) is -1.14. The fourth-order valence-electron chi connectivity index (χ4n) is 1.36. The lowest BCUT2D eigenvalue weighted by Gasteiger charge is -2.19. The second-order valence-corrected chi connectivity index (χ2v) is 4.27. The van der Waals surface area contributed by atoms with E-state index in [9.17, 15) is 14.4 Å². The van der Waals surface area contributed by atoms with E-state index in [2.05, 4.69) is 10.1 Å². The van der Waals surface area contributed by atoms with Crippen LogP contribution in [-0.4, -0.2) is 55.0 Å². The van der Waals surface area contributed by atoms with Crippen molar-refractivity contribution in [3.8, 4) is 0 Å². The number of esters is 1. The smallest absolute Gasteiger partial charge is 0.332 e. The first-order valence-corrected chi connectivity index (χ1v) is 5.92. The van der Waals surface area contributed by atoms with Crippen LogP contribution in [0.1, 0.15) is 19.8 Å². The number of nitrogens with zero attached hydrogens (tertiary/aromatic N) is 1. The summed E-state index contributed by atoms with van der Waals surface area (Å²) in [6.45, 7) is 1.68. The lowest BCUT2D eigenvalue weighted by molar-refractivity contribution is -0.151. The van der Waals surface area contributed by atoms with Crippen molar-refractivity contribution < 1.29 is 19.1 Å². The summed E-state index contributed by atoms with van der Waals surface area (Å²) >= 11 is 0. The number of carbonyl (C=O) groups is 3. The Labute approximate surface area is 106 Å². The highest BCUT2D eigenvalue weighted by Gasteiger charge is 2.29. The van der Waals surface area contributed by atoms with Gasteiger partial charge in [-0.3, -0.25) is 9.59 Å². The fraction of sp³-hybridized carbons (Fsp3) is 0.727. The van der Waals surface area contributed by atoms with E-state index >= 15 is 0 Å². The SMILES string of the molecule is CCOC(=O)C(N)C(=O)N(C)CC(=O)NC1CC1. The Morgan fingerprint density at radius 3 is 2.56 bits per heavy atom. The molecule has 0 spiro atoms. The number of rotatable bonds is 6. The molecule has 0 aromatic rings. The monoisotopic (exact) mass is 257 g/mol. The van der Waals surface area contributed by atoms with E-state index in [-0.39, 0.29) is 25.1 Å². The topological polar surface area (TPSA) is 102 Å². The lowest BCUT2D eigenvalue weighted by Crippen LogP contribution is -2.50. The van der Waals surface area contributed by atoms with Crippen LogP contribution in [0.3, 0.4) is 0 Å². The molecule has 7 heteroatoms. The molecule has 1 unspecified atom stereocenters. The second-order valence-electron chi connectivity index (χ2n) is 4.27. The molecule has 0 bridgehead atoms. The summed E-state index contributed by atoms with van der Waals surface area (Å²) in [5.74, 6) is -1.65. The zero-order valence-electron chi connectivity index (χ0n) is 10.6. The first kappa shape index (κ1) is 14.4. The fourth-order valence-corrected chi connectivity index (χ4v) is 1.36. The van der Waals surface area contributed by atoms with Crippen molar-refractivity contribution in [3.05, 3.63) is 0 Å². The Bertz CT molecular complexity index is 341. The molecule has 1 aliphatic rings. The number of likely N-dealkylation sites (N-methyl/N-ethyl adjacent to an activating group) is 1. The first-order chi connectivity index (χ1) is 8.45. The average molecular weight is 257 g/mol. The minimum absolute atomic E-state index is 0.109. The number of amides is 2. The zero-order chi connectivity index (χ0) is 13.7. The molecule has 0 aromatic carbocycles. The maximum absolute atomic E-state index is 11.7. The summed E-state index contributed by atoms with van der Waals surface area (Å²) in [7, 11) is 1.42. The number of ether oxygens (including phenoxy) is 1. The van der Waals surface area contributed by atoms with Crippen molar-refractivity contribution in [2.75, 3.05) is 20.2 Å². The average Bonchev–Trinajstić information content (AvgIpc) is 3.10. The molecule has 0 radical (unpaired) electrons. The summed E-state index contributed by atoms with van der Waals surface area (Å²) in [4.78, 5) is 35.6. The van der Waals surface area contributed by atoms with Crippen molar-refractivity contribution >= 4 is 17.8 Å². The maximum atomic E-state index is 11.7. The molecule has 7 nitrogen and oxygen atoms in total. The summed E-state index contributed by atoms with van der Waals surface area (Å²) in [6.07, 6.45) is 1.96. The molecule has 0 saturated heterocycles. The number of carbonyl (C=O) groups excluding carboxylic acids is 3. The van der Waals surface area contributed by atoms with Crippen molar-refractivity contribution in [3.63, 3.8) is 0 Å². The Kier molecular flexibility index (Phi) is 5.08. The molecule has 1 saturated carbocycles. The van der Waals surface area contributed by atoms with Crippen molar-refractivity contribution in [2.45, 2.75) is 31.8 Å². The third-order valence-corrected chi connectivity index (χ3v) is 2.51. The van der Waals surface area contributed by atoms with Gasteiger partial charge in [-0.25, -0.2) is 4.79 Å². The minimum Gasteiger partial charge on any atom is -0.464 e. The van der Waals surface area contributed by atoms with Gasteiger partial charge in [0.25, 0.3) is 5.91 Å². The van der Waals surface area contributed by atoms with Gasteiger partial charge in [0.2, 0.25) is 5.91 Å². The Morgan fingerprint density at radius 1 is 1.44 bits per heavy atom. The van der Waals surface area contributed by atoms with Crippen LogP contribution in [0.25, 0.3) is 0 Å². The quantitative estimate of drug-likeness (QED) is 0.451.